The first-order valence-electron chi connectivity index (χ1n) is 4.57. The fraction of sp³-hybridized carbons (Fsp3) is 0.778. The maximum Gasteiger partial charge on any atom is 0.323 e. The SMILES string of the molecule is CCCC(C)(N)C(=O)N(C)CC(=O)O. The van der Waals surface area contributed by atoms with Gasteiger partial charge in [-0.05, 0) is 13.3 Å². The van der Waals surface area contributed by atoms with Crippen LogP contribution in [-0.2, 0) is 9.59 Å². The summed E-state index contributed by atoms with van der Waals surface area (Å²) in [5.41, 5.74) is 4.80. The number of likely N-dealkylation sites (N-methyl/N-ethyl adjacent to an activating group) is 1. The van der Waals surface area contributed by atoms with Crippen molar-refractivity contribution in [1.82, 2.24) is 4.90 Å². The van der Waals surface area contributed by atoms with Crippen LogP contribution >= 0.6 is 0 Å². The van der Waals surface area contributed by atoms with Crippen LogP contribution in [0.5, 0.6) is 0 Å². The summed E-state index contributed by atoms with van der Waals surface area (Å²) in [6, 6.07) is 0. The minimum atomic E-state index is -1.03. The molecule has 0 fully saturated rings. The van der Waals surface area contributed by atoms with Crippen LogP contribution in [0.3, 0.4) is 0 Å². The first-order chi connectivity index (χ1) is 6.31. The molecule has 0 aromatic heterocycles. The van der Waals surface area contributed by atoms with Crippen LogP contribution in [0.15, 0.2) is 0 Å². The van der Waals surface area contributed by atoms with E-state index in [-0.39, 0.29) is 12.5 Å². The van der Waals surface area contributed by atoms with Crippen molar-refractivity contribution in [1.29, 1.82) is 0 Å². The summed E-state index contributed by atoms with van der Waals surface area (Å²) in [5, 5.41) is 8.49. The molecule has 0 rings (SSSR count). The first-order valence-corrected chi connectivity index (χ1v) is 4.57. The molecule has 0 saturated carbocycles. The van der Waals surface area contributed by atoms with Gasteiger partial charge in [-0.2, -0.15) is 0 Å². The zero-order chi connectivity index (χ0) is 11.4. The van der Waals surface area contributed by atoms with E-state index >= 15 is 0 Å². The Labute approximate surface area is 83.9 Å². The van der Waals surface area contributed by atoms with Crippen molar-refractivity contribution >= 4 is 11.9 Å². The monoisotopic (exact) mass is 202 g/mol. The molecule has 0 spiro atoms. The van der Waals surface area contributed by atoms with Gasteiger partial charge in [-0.3, -0.25) is 9.59 Å². The lowest BCUT2D eigenvalue weighted by atomic mass is 9.96. The average molecular weight is 202 g/mol. The van der Waals surface area contributed by atoms with Gasteiger partial charge in [0.1, 0.15) is 6.54 Å². The highest BCUT2D eigenvalue weighted by Gasteiger charge is 2.30. The number of rotatable bonds is 5. The number of carboxylic acids is 1. The Bertz CT molecular complexity index is 226. The predicted molar refractivity (Wildman–Crippen MR) is 52.8 cm³/mol. The van der Waals surface area contributed by atoms with E-state index in [1.807, 2.05) is 6.92 Å². The quantitative estimate of drug-likeness (QED) is 0.659. The smallest absolute Gasteiger partial charge is 0.323 e. The van der Waals surface area contributed by atoms with Gasteiger partial charge < -0.3 is 15.7 Å². The van der Waals surface area contributed by atoms with Crippen LogP contribution in [0.25, 0.3) is 0 Å². The Morgan fingerprint density at radius 1 is 1.50 bits per heavy atom. The Morgan fingerprint density at radius 2 is 2.00 bits per heavy atom. The van der Waals surface area contributed by atoms with Crippen LogP contribution in [0.1, 0.15) is 26.7 Å². The van der Waals surface area contributed by atoms with Crippen LogP contribution in [-0.4, -0.2) is 41.0 Å². The van der Waals surface area contributed by atoms with Crippen molar-refractivity contribution in [2.24, 2.45) is 5.73 Å². The Kier molecular flexibility index (Phi) is 4.56. The number of carbonyl (C=O) groups is 2. The van der Waals surface area contributed by atoms with Gasteiger partial charge >= 0.3 is 5.97 Å². The number of hydrogen-bond donors (Lipinski definition) is 2. The van der Waals surface area contributed by atoms with Crippen molar-refractivity contribution in [3.05, 3.63) is 0 Å². The summed E-state index contributed by atoms with van der Waals surface area (Å²) in [7, 11) is 1.44. The molecule has 14 heavy (non-hydrogen) atoms. The van der Waals surface area contributed by atoms with Gasteiger partial charge in [-0.1, -0.05) is 13.3 Å². The molecule has 0 aliphatic heterocycles. The van der Waals surface area contributed by atoms with Crippen molar-refractivity contribution in [2.75, 3.05) is 13.6 Å². The van der Waals surface area contributed by atoms with Gasteiger partial charge in [-0.25, -0.2) is 0 Å². The van der Waals surface area contributed by atoms with Crippen LogP contribution in [0, 0.1) is 0 Å². The second-order valence-corrected chi connectivity index (χ2v) is 3.72. The number of carbonyl (C=O) groups excluding carboxylic acids is 1. The molecule has 0 aliphatic carbocycles. The zero-order valence-corrected chi connectivity index (χ0v) is 8.91. The lowest BCUT2D eigenvalue weighted by Gasteiger charge is -2.27. The molecular formula is C9H18N2O3. The van der Waals surface area contributed by atoms with Gasteiger partial charge in [0.2, 0.25) is 5.91 Å². The van der Waals surface area contributed by atoms with Crippen molar-refractivity contribution in [2.45, 2.75) is 32.2 Å². The zero-order valence-electron chi connectivity index (χ0n) is 8.91. The summed E-state index contributed by atoms with van der Waals surface area (Å²) in [6.07, 6.45) is 1.34. The summed E-state index contributed by atoms with van der Waals surface area (Å²) >= 11 is 0. The van der Waals surface area contributed by atoms with E-state index in [4.69, 9.17) is 10.8 Å². The van der Waals surface area contributed by atoms with Crippen LogP contribution in [0.2, 0.25) is 0 Å². The normalized spacial score (nSPS) is 14.6. The Hall–Kier alpha value is -1.10. The summed E-state index contributed by atoms with van der Waals surface area (Å²) in [4.78, 5) is 23.1. The van der Waals surface area contributed by atoms with Gasteiger partial charge in [0.25, 0.3) is 0 Å². The second-order valence-electron chi connectivity index (χ2n) is 3.72. The molecule has 1 amide bonds. The van der Waals surface area contributed by atoms with E-state index in [0.717, 1.165) is 11.3 Å². The number of aliphatic carboxylic acids is 1. The van der Waals surface area contributed by atoms with Crippen molar-refractivity contribution in [3.8, 4) is 0 Å². The van der Waals surface area contributed by atoms with Gasteiger partial charge in [-0.15, -0.1) is 0 Å². The third kappa shape index (κ3) is 3.74. The van der Waals surface area contributed by atoms with Crippen molar-refractivity contribution < 1.29 is 14.7 Å². The third-order valence-corrected chi connectivity index (χ3v) is 1.98. The molecule has 0 aromatic rings. The number of nitrogens with zero attached hydrogens (tertiary/aromatic N) is 1. The fourth-order valence-electron chi connectivity index (χ4n) is 1.34. The largest absolute Gasteiger partial charge is 0.480 e. The molecule has 1 atom stereocenters. The fourth-order valence-corrected chi connectivity index (χ4v) is 1.34. The molecule has 0 heterocycles. The Balaban J connectivity index is 4.36. The Morgan fingerprint density at radius 3 is 2.36 bits per heavy atom. The van der Waals surface area contributed by atoms with Crippen LogP contribution in [0.4, 0.5) is 0 Å². The van der Waals surface area contributed by atoms with E-state index in [2.05, 4.69) is 0 Å². The highest BCUT2D eigenvalue weighted by atomic mass is 16.4. The van der Waals surface area contributed by atoms with Crippen molar-refractivity contribution in [3.63, 3.8) is 0 Å². The minimum Gasteiger partial charge on any atom is -0.480 e. The molecular weight excluding hydrogens is 184 g/mol. The topological polar surface area (TPSA) is 83.6 Å². The van der Waals surface area contributed by atoms with E-state index in [0.29, 0.717) is 6.42 Å². The number of carboxylic acid groups (broad SMARTS) is 1. The van der Waals surface area contributed by atoms with E-state index in [9.17, 15) is 9.59 Å². The standard InChI is InChI=1S/C9H18N2O3/c1-4-5-9(2,10)8(14)11(3)6-7(12)13/h4-6,10H2,1-3H3,(H,12,13). The maximum absolute atomic E-state index is 11.6. The van der Waals surface area contributed by atoms with Crippen LogP contribution < -0.4 is 5.73 Å². The minimum absolute atomic E-state index is 0.310. The molecule has 0 aliphatic rings. The number of nitrogens with two attached hydrogens (primary N) is 1. The molecule has 5 nitrogen and oxygen atoms in total. The highest BCUT2D eigenvalue weighted by molar-refractivity contribution is 5.88. The summed E-state index contributed by atoms with van der Waals surface area (Å²) in [6.45, 7) is 3.24. The van der Waals surface area contributed by atoms with Gasteiger partial charge in [0.05, 0.1) is 5.54 Å². The lowest BCUT2D eigenvalue weighted by Crippen LogP contribution is -2.53. The van der Waals surface area contributed by atoms with Gasteiger partial charge in [0.15, 0.2) is 0 Å². The van der Waals surface area contributed by atoms with E-state index in [1.54, 1.807) is 6.92 Å². The summed E-state index contributed by atoms with van der Waals surface area (Å²) in [5.74, 6) is -1.37. The molecule has 82 valence electrons. The molecule has 1 unspecified atom stereocenters. The van der Waals surface area contributed by atoms with Gasteiger partial charge in [0, 0.05) is 7.05 Å². The summed E-state index contributed by atoms with van der Waals surface area (Å²) < 4.78 is 0. The third-order valence-electron chi connectivity index (χ3n) is 1.98. The molecule has 0 radical (unpaired) electrons. The van der Waals surface area contributed by atoms with E-state index in [1.165, 1.54) is 7.05 Å². The second kappa shape index (κ2) is 4.95. The molecule has 0 aromatic carbocycles. The average Bonchev–Trinajstić information content (AvgIpc) is 2.01. The maximum atomic E-state index is 11.6. The molecule has 3 N–H and O–H groups in total. The molecule has 5 heteroatoms. The number of hydrogen-bond acceptors (Lipinski definition) is 3. The number of amides is 1. The lowest BCUT2D eigenvalue weighted by molar-refractivity contribution is -0.145. The highest BCUT2D eigenvalue weighted by Crippen LogP contribution is 2.11. The van der Waals surface area contributed by atoms with E-state index < -0.39 is 11.5 Å². The molecule has 0 saturated heterocycles. The predicted octanol–water partition coefficient (Wildman–Crippen LogP) is 0.0469. The first kappa shape index (κ1) is 12.9. The molecule has 0 bridgehead atoms.